The number of benzene rings is 2. The Balaban J connectivity index is 1.75. The minimum absolute atomic E-state index is 0.0978. The second-order valence-electron chi connectivity index (χ2n) is 11.8. The fourth-order valence-corrected chi connectivity index (χ4v) is 5.69. The Labute approximate surface area is 236 Å². The lowest BCUT2D eigenvalue weighted by molar-refractivity contribution is 0.0245. The van der Waals surface area contributed by atoms with Gasteiger partial charge in [-0.15, -0.1) is 0 Å². The van der Waals surface area contributed by atoms with Gasteiger partial charge in [-0.3, -0.25) is 14.4 Å². The second-order valence-corrected chi connectivity index (χ2v) is 11.8. The smallest absolute Gasteiger partial charge is 0.419 e. The number of methoxy groups -OCH3 is 1. The minimum Gasteiger partial charge on any atom is -0.496 e. The van der Waals surface area contributed by atoms with Gasteiger partial charge in [0.2, 0.25) is 0 Å². The Kier molecular flexibility index (Phi) is 8.71. The van der Waals surface area contributed by atoms with Gasteiger partial charge in [-0.2, -0.15) is 0 Å². The number of carbonyl (C=O) groups excluding carboxylic acids is 1. The molecule has 1 saturated heterocycles. The van der Waals surface area contributed by atoms with Gasteiger partial charge in [0.15, 0.2) is 0 Å². The molecule has 2 aromatic carbocycles. The number of carbonyl (C=O) groups is 1. The van der Waals surface area contributed by atoms with Crippen LogP contribution in [0.2, 0.25) is 0 Å². The van der Waals surface area contributed by atoms with Crippen molar-refractivity contribution < 1.29 is 23.0 Å². The highest BCUT2D eigenvalue weighted by Gasteiger charge is 2.31. The number of nitrogens with zero attached hydrogens (tertiary/aromatic N) is 3. The van der Waals surface area contributed by atoms with Gasteiger partial charge in [0.25, 0.3) is 6.43 Å². The normalized spacial score (nSPS) is 17.0. The average molecular weight is 554 g/mol. The van der Waals surface area contributed by atoms with E-state index in [4.69, 9.17) is 9.47 Å². The first-order valence-electron chi connectivity index (χ1n) is 13.7. The molecule has 1 atom stereocenters. The molecule has 3 aromatic rings. The minimum atomic E-state index is -2.39. The topological polar surface area (TPSA) is 46.9 Å². The van der Waals surface area contributed by atoms with E-state index in [0.717, 1.165) is 50.0 Å². The molecule has 216 valence electrons. The van der Waals surface area contributed by atoms with Crippen molar-refractivity contribution in [3.8, 4) is 5.75 Å². The zero-order valence-corrected chi connectivity index (χ0v) is 24.7. The average Bonchev–Trinajstić information content (AvgIpc) is 3.31. The third-order valence-electron chi connectivity index (χ3n) is 7.47. The molecule has 1 unspecified atom stereocenters. The maximum atomic E-state index is 13.4. The van der Waals surface area contributed by atoms with Crippen molar-refractivity contribution in [3.63, 3.8) is 0 Å². The first-order valence-corrected chi connectivity index (χ1v) is 13.7. The van der Waals surface area contributed by atoms with E-state index in [1.807, 2.05) is 51.7 Å². The van der Waals surface area contributed by atoms with E-state index in [1.165, 1.54) is 0 Å². The first-order chi connectivity index (χ1) is 18.8. The summed E-state index contributed by atoms with van der Waals surface area (Å²) in [6.45, 7) is 17.5. The summed E-state index contributed by atoms with van der Waals surface area (Å²) < 4.78 is 39.8. The van der Waals surface area contributed by atoms with E-state index in [9.17, 15) is 13.6 Å². The molecule has 1 fully saturated rings. The van der Waals surface area contributed by atoms with Crippen LogP contribution in [0.4, 0.5) is 13.6 Å². The van der Waals surface area contributed by atoms with Crippen molar-refractivity contribution in [2.75, 3.05) is 33.3 Å². The standard InChI is InChI=1S/C32H41F2N3O3/c1-20(2)24-10-9-23(15-21(24)3)27-18-35(19-29(33)34)13-14-36(27)17-26-25-11-12-37(31(38)40-32(5,6)7)30(25)22(4)16-28(26)39-8/h9-12,15-16,27,29H,1,13-14,17-19H2,2-8H3. The van der Waals surface area contributed by atoms with Crippen LogP contribution in [0.1, 0.15) is 61.6 Å². The van der Waals surface area contributed by atoms with Crippen LogP contribution in [0.15, 0.2) is 43.1 Å². The third kappa shape index (κ3) is 6.39. The van der Waals surface area contributed by atoms with Gasteiger partial charge in [-0.1, -0.05) is 30.4 Å². The molecular formula is C32H41F2N3O3. The van der Waals surface area contributed by atoms with Crippen molar-refractivity contribution in [2.45, 2.75) is 66.2 Å². The quantitative estimate of drug-likeness (QED) is 0.310. The molecule has 0 N–H and O–H groups in total. The molecule has 0 radical (unpaired) electrons. The summed E-state index contributed by atoms with van der Waals surface area (Å²) in [6.07, 6.45) is -1.08. The number of rotatable bonds is 7. The maximum Gasteiger partial charge on any atom is 0.419 e. The Hall–Kier alpha value is -3.23. The Morgan fingerprint density at radius 2 is 1.85 bits per heavy atom. The van der Waals surface area contributed by atoms with Gasteiger partial charge in [0.05, 0.1) is 19.2 Å². The number of hydrogen-bond donors (Lipinski definition) is 0. The molecule has 0 amide bonds. The fraction of sp³-hybridized carbons (Fsp3) is 0.469. The third-order valence-corrected chi connectivity index (χ3v) is 7.47. The zero-order valence-electron chi connectivity index (χ0n) is 24.7. The van der Waals surface area contributed by atoms with E-state index in [0.29, 0.717) is 26.2 Å². The molecule has 6 nitrogen and oxygen atoms in total. The van der Waals surface area contributed by atoms with Crippen molar-refractivity contribution in [1.82, 2.24) is 14.4 Å². The molecule has 4 rings (SSSR count). The van der Waals surface area contributed by atoms with E-state index in [1.54, 1.807) is 17.9 Å². The van der Waals surface area contributed by atoms with Gasteiger partial charge >= 0.3 is 6.09 Å². The van der Waals surface area contributed by atoms with Crippen LogP contribution in [-0.2, 0) is 11.3 Å². The predicted octanol–water partition coefficient (Wildman–Crippen LogP) is 7.21. The SMILES string of the molecule is C=C(C)c1ccc(C2CN(CC(F)F)CCN2Cc2c(OC)cc(C)c3c2ccn3C(=O)OC(C)(C)C)cc1C. The number of aromatic nitrogens is 1. The highest BCUT2D eigenvalue weighted by molar-refractivity contribution is 5.95. The van der Waals surface area contributed by atoms with Crippen LogP contribution in [-0.4, -0.2) is 65.8 Å². The van der Waals surface area contributed by atoms with Crippen LogP contribution >= 0.6 is 0 Å². The lowest BCUT2D eigenvalue weighted by Gasteiger charge is -2.42. The van der Waals surface area contributed by atoms with Crippen molar-refractivity contribution in [3.05, 3.63) is 70.9 Å². The van der Waals surface area contributed by atoms with Crippen LogP contribution < -0.4 is 4.74 Å². The molecule has 1 aliphatic rings. The molecule has 2 heterocycles. The summed E-state index contributed by atoms with van der Waals surface area (Å²) >= 11 is 0. The Morgan fingerprint density at radius 3 is 2.45 bits per heavy atom. The van der Waals surface area contributed by atoms with E-state index >= 15 is 0 Å². The Bertz CT molecular complexity index is 1410. The lowest BCUT2D eigenvalue weighted by Crippen LogP contribution is -2.49. The van der Waals surface area contributed by atoms with E-state index in [2.05, 4.69) is 36.6 Å². The van der Waals surface area contributed by atoms with Crippen LogP contribution in [0, 0.1) is 13.8 Å². The fourth-order valence-electron chi connectivity index (χ4n) is 5.69. The van der Waals surface area contributed by atoms with E-state index < -0.39 is 18.1 Å². The van der Waals surface area contributed by atoms with Crippen LogP contribution in [0.3, 0.4) is 0 Å². The first kappa shape index (κ1) is 29.7. The summed E-state index contributed by atoms with van der Waals surface area (Å²) in [4.78, 5) is 17.2. The number of alkyl halides is 2. The highest BCUT2D eigenvalue weighted by Crippen LogP contribution is 2.37. The van der Waals surface area contributed by atoms with Crippen LogP contribution in [0.25, 0.3) is 16.5 Å². The van der Waals surface area contributed by atoms with Crippen molar-refractivity contribution >= 4 is 22.6 Å². The molecule has 0 aliphatic carbocycles. The largest absolute Gasteiger partial charge is 0.496 e. The number of hydrogen-bond acceptors (Lipinski definition) is 5. The van der Waals surface area contributed by atoms with Gasteiger partial charge < -0.3 is 9.47 Å². The number of halogens is 2. The van der Waals surface area contributed by atoms with Gasteiger partial charge in [-0.25, -0.2) is 13.6 Å². The molecule has 8 heteroatoms. The molecular weight excluding hydrogens is 512 g/mol. The summed E-state index contributed by atoms with van der Waals surface area (Å²) in [7, 11) is 1.65. The molecule has 0 saturated carbocycles. The molecule has 1 aromatic heterocycles. The number of ether oxygens (including phenoxy) is 2. The monoisotopic (exact) mass is 553 g/mol. The zero-order chi connectivity index (χ0) is 29.4. The maximum absolute atomic E-state index is 13.4. The highest BCUT2D eigenvalue weighted by atomic mass is 19.3. The summed E-state index contributed by atoms with van der Waals surface area (Å²) in [6, 6.07) is 10.1. The lowest BCUT2D eigenvalue weighted by atomic mass is 9.94. The number of allylic oxidation sites excluding steroid dienone is 1. The number of fused-ring (bicyclic) bond motifs is 1. The summed E-state index contributed by atoms with van der Waals surface area (Å²) in [5.74, 6) is 0.731. The second kappa shape index (κ2) is 11.7. The molecule has 40 heavy (non-hydrogen) atoms. The summed E-state index contributed by atoms with van der Waals surface area (Å²) in [5, 5.41) is 0.908. The predicted molar refractivity (Wildman–Crippen MR) is 156 cm³/mol. The van der Waals surface area contributed by atoms with E-state index in [-0.39, 0.29) is 12.6 Å². The summed E-state index contributed by atoms with van der Waals surface area (Å²) in [5.41, 5.74) is 6.28. The number of aryl methyl sites for hydroxylation is 2. The van der Waals surface area contributed by atoms with Crippen LogP contribution in [0.5, 0.6) is 5.75 Å². The molecule has 0 bridgehead atoms. The van der Waals surface area contributed by atoms with Gasteiger partial charge in [-0.05, 0) is 75.9 Å². The molecule has 1 aliphatic heterocycles. The van der Waals surface area contributed by atoms with Crippen molar-refractivity contribution in [2.24, 2.45) is 0 Å². The van der Waals surface area contributed by atoms with Gasteiger partial charge in [0.1, 0.15) is 11.4 Å². The van der Waals surface area contributed by atoms with Gasteiger partial charge in [0, 0.05) is 49.4 Å². The van der Waals surface area contributed by atoms with Crippen molar-refractivity contribution in [1.29, 1.82) is 0 Å². The number of piperazine rings is 1. The molecule has 0 spiro atoms. The Morgan fingerprint density at radius 1 is 1.12 bits per heavy atom.